The Balaban J connectivity index is 1.21. The maximum absolute atomic E-state index is 12.2. The summed E-state index contributed by atoms with van der Waals surface area (Å²) < 4.78 is 13.6. The Labute approximate surface area is 191 Å². The maximum Gasteiger partial charge on any atom is 0.230 e. The number of amides is 1. The second kappa shape index (κ2) is 10.4. The number of anilines is 1. The van der Waals surface area contributed by atoms with E-state index < -0.39 is 0 Å². The molecule has 32 heavy (non-hydrogen) atoms. The fourth-order valence-corrected chi connectivity index (χ4v) is 4.16. The number of carbonyl (C=O) groups excluding carboxylic acids is 1. The number of benzene rings is 2. The first-order valence-corrected chi connectivity index (χ1v) is 11.5. The van der Waals surface area contributed by atoms with Gasteiger partial charge in [0.1, 0.15) is 6.61 Å². The molecule has 1 aromatic heterocycles. The van der Waals surface area contributed by atoms with Gasteiger partial charge in [-0.1, -0.05) is 42.1 Å². The second-order valence-corrected chi connectivity index (χ2v) is 8.46. The number of para-hydroxylation sites is 3. The molecular weight excluding hydrogens is 426 g/mol. The molecule has 0 saturated heterocycles. The van der Waals surface area contributed by atoms with Crippen LogP contribution in [0.25, 0.3) is 0 Å². The molecule has 1 aliphatic rings. The van der Waals surface area contributed by atoms with Crippen LogP contribution >= 0.6 is 11.8 Å². The van der Waals surface area contributed by atoms with Gasteiger partial charge in [0.25, 0.3) is 0 Å². The molecule has 1 unspecified atom stereocenters. The van der Waals surface area contributed by atoms with Crippen LogP contribution in [0.1, 0.15) is 18.3 Å². The van der Waals surface area contributed by atoms with Crippen molar-refractivity contribution in [1.29, 1.82) is 0 Å². The first-order valence-electron chi connectivity index (χ1n) is 10.6. The van der Waals surface area contributed by atoms with E-state index in [0.29, 0.717) is 29.9 Å². The molecule has 8 nitrogen and oxygen atoms in total. The van der Waals surface area contributed by atoms with Gasteiger partial charge >= 0.3 is 0 Å². The van der Waals surface area contributed by atoms with E-state index in [1.165, 1.54) is 17.4 Å². The predicted octanol–water partition coefficient (Wildman–Crippen LogP) is 3.06. The van der Waals surface area contributed by atoms with Gasteiger partial charge < -0.3 is 24.3 Å². The third-order valence-corrected chi connectivity index (χ3v) is 6.21. The lowest BCUT2D eigenvalue weighted by molar-refractivity contribution is -0.118. The quantitative estimate of drug-likeness (QED) is 0.394. The maximum atomic E-state index is 12.2. The summed E-state index contributed by atoms with van der Waals surface area (Å²) in [6, 6.07) is 17.8. The van der Waals surface area contributed by atoms with E-state index in [2.05, 4.69) is 39.6 Å². The van der Waals surface area contributed by atoms with Crippen molar-refractivity contribution in [2.45, 2.75) is 17.7 Å². The van der Waals surface area contributed by atoms with Gasteiger partial charge in [0.15, 0.2) is 28.6 Å². The molecule has 1 aliphatic heterocycles. The number of nitrogens with one attached hydrogen (secondary N) is 1. The predicted molar refractivity (Wildman–Crippen MR) is 124 cm³/mol. The van der Waals surface area contributed by atoms with Crippen LogP contribution in [0.15, 0.2) is 59.8 Å². The monoisotopic (exact) mass is 453 g/mol. The third kappa shape index (κ3) is 5.34. The minimum absolute atomic E-state index is 0.0203. The molecule has 0 fully saturated rings. The summed E-state index contributed by atoms with van der Waals surface area (Å²) in [5, 5.41) is 12.1. The molecule has 1 N–H and O–H groups in total. The lowest BCUT2D eigenvalue weighted by Gasteiger charge is -2.25. The Kier molecular flexibility index (Phi) is 7.16. The smallest absolute Gasteiger partial charge is 0.230 e. The standard InChI is InChI=1S/C23H27N5O3S/c1-27(17-9-4-3-5-10-17)14-8-13-24-21(29)16-32-23-26-25-22(28(23)2)20-15-30-18-11-6-7-12-19(18)31-20/h3-7,9-12,20H,8,13-16H2,1-2H3,(H,24,29). The summed E-state index contributed by atoms with van der Waals surface area (Å²) in [7, 11) is 3.93. The van der Waals surface area contributed by atoms with E-state index in [1.807, 2.05) is 54.1 Å². The number of nitrogens with zero attached hydrogens (tertiary/aromatic N) is 4. The van der Waals surface area contributed by atoms with Crippen LogP contribution in [-0.2, 0) is 11.8 Å². The van der Waals surface area contributed by atoms with Gasteiger partial charge in [-0.2, -0.15) is 0 Å². The molecule has 1 atom stereocenters. The summed E-state index contributed by atoms with van der Waals surface area (Å²) in [5.74, 6) is 2.36. The number of thioether (sulfide) groups is 1. The number of aromatic nitrogens is 3. The highest BCUT2D eigenvalue weighted by Crippen LogP contribution is 2.35. The molecule has 0 spiro atoms. The van der Waals surface area contributed by atoms with Gasteiger partial charge in [-0.3, -0.25) is 4.79 Å². The Morgan fingerprint density at radius 3 is 2.72 bits per heavy atom. The molecule has 168 valence electrons. The van der Waals surface area contributed by atoms with Gasteiger partial charge in [-0.15, -0.1) is 10.2 Å². The van der Waals surface area contributed by atoms with Gasteiger partial charge in [-0.05, 0) is 30.7 Å². The van der Waals surface area contributed by atoms with E-state index in [4.69, 9.17) is 9.47 Å². The number of carbonyl (C=O) groups is 1. The zero-order valence-corrected chi connectivity index (χ0v) is 19.0. The average molecular weight is 454 g/mol. The van der Waals surface area contributed by atoms with Crippen LogP contribution in [0.2, 0.25) is 0 Å². The highest BCUT2D eigenvalue weighted by molar-refractivity contribution is 7.99. The van der Waals surface area contributed by atoms with Crippen LogP contribution in [0.4, 0.5) is 5.69 Å². The second-order valence-electron chi connectivity index (χ2n) is 7.51. The Morgan fingerprint density at radius 2 is 1.91 bits per heavy atom. The fourth-order valence-electron chi connectivity index (χ4n) is 3.42. The molecule has 0 radical (unpaired) electrons. The van der Waals surface area contributed by atoms with Crippen molar-refractivity contribution < 1.29 is 14.3 Å². The molecular formula is C23H27N5O3S. The van der Waals surface area contributed by atoms with Gasteiger partial charge in [0.2, 0.25) is 5.91 Å². The Hall–Kier alpha value is -3.20. The van der Waals surface area contributed by atoms with Crippen LogP contribution in [0.5, 0.6) is 11.5 Å². The molecule has 2 heterocycles. The topological polar surface area (TPSA) is 81.5 Å². The van der Waals surface area contributed by atoms with Crippen molar-refractivity contribution in [2.24, 2.45) is 7.05 Å². The number of hydrogen-bond donors (Lipinski definition) is 1. The first-order chi connectivity index (χ1) is 15.6. The molecule has 0 aliphatic carbocycles. The highest BCUT2D eigenvalue weighted by Gasteiger charge is 2.27. The fraction of sp³-hybridized carbons (Fsp3) is 0.348. The number of rotatable bonds is 9. The largest absolute Gasteiger partial charge is 0.485 e. The number of fused-ring (bicyclic) bond motifs is 1. The summed E-state index contributed by atoms with van der Waals surface area (Å²) >= 11 is 1.36. The van der Waals surface area contributed by atoms with Crippen molar-refractivity contribution in [3.63, 3.8) is 0 Å². The zero-order valence-electron chi connectivity index (χ0n) is 18.2. The summed E-state index contributed by atoms with van der Waals surface area (Å²) in [6.45, 7) is 1.87. The summed E-state index contributed by atoms with van der Waals surface area (Å²) in [5.41, 5.74) is 1.17. The molecule has 9 heteroatoms. The van der Waals surface area contributed by atoms with E-state index in [9.17, 15) is 4.79 Å². The summed E-state index contributed by atoms with van der Waals surface area (Å²) in [6.07, 6.45) is 0.531. The number of ether oxygens (including phenoxy) is 2. The molecule has 0 bridgehead atoms. The van der Waals surface area contributed by atoms with Gasteiger partial charge in [-0.25, -0.2) is 0 Å². The molecule has 0 saturated carbocycles. The minimum atomic E-state index is -0.341. The lowest BCUT2D eigenvalue weighted by atomic mass is 10.2. The Morgan fingerprint density at radius 1 is 1.16 bits per heavy atom. The van der Waals surface area contributed by atoms with Crippen LogP contribution < -0.4 is 19.7 Å². The van der Waals surface area contributed by atoms with Crippen molar-refractivity contribution in [1.82, 2.24) is 20.1 Å². The summed E-state index contributed by atoms with van der Waals surface area (Å²) in [4.78, 5) is 14.4. The average Bonchev–Trinajstić information content (AvgIpc) is 3.20. The lowest BCUT2D eigenvalue weighted by Crippen LogP contribution is -2.29. The normalized spacial score (nSPS) is 14.8. The number of hydrogen-bond acceptors (Lipinski definition) is 7. The Bertz CT molecular complexity index is 1040. The SMILES string of the molecule is CN(CCCNC(=O)CSc1nnc(C2COc3ccccc3O2)n1C)c1ccccc1. The molecule has 4 rings (SSSR count). The van der Waals surface area contributed by atoms with Crippen molar-refractivity contribution in [3.8, 4) is 11.5 Å². The molecule has 1 amide bonds. The minimum Gasteiger partial charge on any atom is -0.485 e. The highest BCUT2D eigenvalue weighted by atomic mass is 32.2. The van der Waals surface area contributed by atoms with Crippen LogP contribution in [-0.4, -0.2) is 53.2 Å². The van der Waals surface area contributed by atoms with E-state index in [1.54, 1.807) is 0 Å². The van der Waals surface area contributed by atoms with Crippen molar-refractivity contribution >= 4 is 23.4 Å². The van der Waals surface area contributed by atoms with Gasteiger partial charge in [0.05, 0.1) is 5.75 Å². The molecule has 2 aromatic carbocycles. The van der Waals surface area contributed by atoms with Crippen molar-refractivity contribution in [2.75, 3.05) is 37.4 Å². The third-order valence-electron chi connectivity index (χ3n) is 5.19. The van der Waals surface area contributed by atoms with Gasteiger partial charge in [0, 0.05) is 32.9 Å². The van der Waals surface area contributed by atoms with E-state index in [-0.39, 0.29) is 17.8 Å². The molecule has 3 aromatic rings. The van der Waals surface area contributed by atoms with Crippen LogP contribution in [0, 0.1) is 0 Å². The van der Waals surface area contributed by atoms with E-state index >= 15 is 0 Å². The van der Waals surface area contributed by atoms with Crippen LogP contribution in [0.3, 0.4) is 0 Å². The zero-order chi connectivity index (χ0) is 22.3. The van der Waals surface area contributed by atoms with E-state index in [0.717, 1.165) is 18.7 Å². The first kappa shape index (κ1) is 22.0. The van der Waals surface area contributed by atoms with Crippen molar-refractivity contribution in [3.05, 3.63) is 60.4 Å².